The number of nitrogens with zero attached hydrogens (tertiary/aromatic N) is 2. The van der Waals surface area contributed by atoms with Crippen LogP contribution < -0.4 is 0 Å². The van der Waals surface area contributed by atoms with Gasteiger partial charge >= 0.3 is 5.91 Å². The second-order valence-corrected chi connectivity index (χ2v) is 3.69. The maximum atomic E-state index is 10.9. The lowest BCUT2D eigenvalue weighted by atomic mass is 10.1. The number of carbonyl (C=O) groups is 1. The Kier molecular flexibility index (Phi) is 1.74. The number of hydrogen-bond acceptors (Lipinski definition) is 1. The molecule has 0 aromatic carbocycles. The van der Waals surface area contributed by atoms with Gasteiger partial charge in [0, 0.05) is 6.92 Å². The van der Waals surface area contributed by atoms with Gasteiger partial charge in [0.15, 0.2) is 0 Å². The molecule has 3 heteroatoms. The zero-order valence-electron chi connectivity index (χ0n) is 7.59. The van der Waals surface area contributed by atoms with Crippen LogP contribution in [0.25, 0.3) is 0 Å². The van der Waals surface area contributed by atoms with Crippen LogP contribution in [-0.2, 0) is 4.79 Å². The topological polar surface area (TPSA) is 23.3 Å². The molecule has 0 saturated carbocycles. The third-order valence-electron chi connectivity index (χ3n) is 2.23. The van der Waals surface area contributed by atoms with E-state index in [1.54, 1.807) is 11.8 Å². The molecule has 0 atom stereocenters. The summed E-state index contributed by atoms with van der Waals surface area (Å²) in [5.74, 6) is 0.113. The van der Waals surface area contributed by atoms with Gasteiger partial charge in [-0.2, -0.15) is 4.90 Å². The van der Waals surface area contributed by atoms with Gasteiger partial charge in [0.1, 0.15) is 12.1 Å². The van der Waals surface area contributed by atoms with Crippen molar-refractivity contribution in [3.63, 3.8) is 0 Å². The first-order valence-corrected chi connectivity index (χ1v) is 3.78. The monoisotopic (exact) mass is 155 g/mol. The fraction of sp³-hybridized carbons (Fsp3) is 0.750. The molecule has 1 amide bonds. The molecule has 0 spiro atoms. The van der Waals surface area contributed by atoms with E-state index in [1.165, 1.54) is 0 Å². The van der Waals surface area contributed by atoms with E-state index in [0.717, 1.165) is 6.54 Å². The average Bonchev–Trinajstić information content (AvgIpc) is 2.08. The second kappa shape index (κ2) is 2.32. The molecule has 0 bridgehead atoms. The minimum Gasteiger partial charge on any atom is -0.262 e. The minimum absolute atomic E-state index is 0.0890. The van der Waals surface area contributed by atoms with Crippen LogP contribution in [0.2, 0.25) is 0 Å². The Morgan fingerprint density at radius 2 is 2.18 bits per heavy atom. The highest BCUT2D eigenvalue weighted by molar-refractivity contribution is 5.85. The third-order valence-corrected chi connectivity index (χ3v) is 2.23. The molecule has 0 saturated heterocycles. The normalized spacial score (nSPS) is 21.8. The van der Waals surface area contributed by atoms with Crippen molar-refractivity contribution in [2.75, 3.05) is 13.6 Å². The van der Waals surface area contributed by atoms with Crippen molar-refractivity contribution in [1.82, 2.24) is 4.90 Å². The maximum absolute atomic E-state index is 10.9. The number of hydrogen-bond donors (Lipinski definition) is 0. The SMILES string of the molecule is CC(=O)N1C=[N+](C)C(C)(C)C1. The molecule has 0 aliphatic carbocycles. The van der Waals surface area contributed by atoms with E-state index >= 15 is 0 Å². The Labute approximate surface area is 67.3 Å². The number of likely N-dealkylation sites (N-methyl/N-ethyl adjacent to an activating group) is 1. The molecule has 0 aromatic heterocycles. The van der Waals surface area contributed by atoms with Crippen LogP contribution in [0.4, 0.5) is 0 Å². The van der Waals surface area contributed by atoms with Gasteiger partial charge in [0.25, 0.3) is 0 Å². The highest BCUT2D eigenvalue weighted by Crippen LogP contribution is 2.14. The Morgan fingerprint density at radius 1 is 1.64 bits per heavy atom. The van der Waals surface area contributed by atoms with Gasteiger partial charge in [0.2, 0.25) is 6.34 Å². The zero-order chi connectivity index (χ0) is 8.65. The van der Waals surface area contributed by atoms with Crippen molar-refractivity contribution in [3.05, 3.63) is 0 Å². The van der Waals surface area contributed by atoms with Crippen LogP contribution in [0.5, 0.6) is 0 Å². The van der Waals surface area contributed by atoms with Crippen molar-refractivity contribution in [2.24, 2.45) is 0 Å². The van der Waals surface area contributed by atoms with Crippen molar-refractivity contribution >= 4 is 12.2 Å². The highest BCUT2D eigenvalue weighted by atomic mass is 16.2. The van der Waals surface area contributed by atoms with Gasteiger partial charge in [-0.15, -0.1) is 0 Å². The van der Waals surface area contributed by atoms with E-state index in [-0.39, 0.29) is 11.4 Å². The number of rotatable bonds is 0. The molecular weight excluding hydrogens is 140 g/mol. The molecule has 11 heavy (non-hydrogen) atoms. The van der Waals surface area contributed by atoms with Crippen LogP contribution in [0.1, 0.15) is 20.8 Å². The number of carbonyl (C=O) groups excluding carboxylic acids is 1. The quantitative estimate of drug-likeness (QED) is 0.461. The lowest BCUT2D eigenvalue weighted by molar-refractivity contribution is -0.559. The summed E-state index contributed by atoms with van der Waals surface area (Å²) < 4.78 is 2.06. The van der Waals surface area contributed by atoms with Crippen molar-refractivity contribution in [3.8, 4) is 0 Å². The molecule has 1 heterocycles. The highest BCUT2D eigenvalue weighted by Gasteiger charge is 2.37. The standard InChI is InChI=1S/C8H15N2O/c1-7(11)10-5-8(2,3)9(4)6-10/h6H,5H2,1-4H3/q+1. The maximum Gasteiger partial charge on any atom is 0.306 e. The predicted molar refractivity (Wildman–Crippen MR) is 43.7 cm³/mol. The van der Waals surface area contributed by atoms with Crippen LogP contribution in [-0.4, -0.2) is 40.9 Å². The Morgan fingerprint density at radius 3 is 2.36 bits per heavy atom. The second-order valence-electron chi connectivity index (χ2n) is 3.69. The first-order chi connectivity index (χ1) is 4.93. The Balaban J connectivity index is 2.79. The van der Waals surface area contributed by atoms with Crippen LogP contribution >= 0.6 is 0 Å². The Bertz CT molecular complexity index is 218. The molecule has 1 rings (SSSR count). The van der Waals surface area contributed by atoms with Crippen molar-refractivity contribution in [2.45, 2.75) is 26.3 Å². The summed E-state index contributed by atoms with van der Waals surface area (Å²) in [6.07, 6.45) is 1.86. The first-order valence-electron chi connectivity index (χ1n) is 3.78. The summed E-state index contributed by atoms with van der Waals surface area (Å²) >= 11 is 0. The van der Waals surface area contributed by atoms with Gasteiger partial charge in [-0.3, -0.25) is 4.58 Å². The molecule has 1 aliphatic rings. The molecule has 0 unspecified atom stereocenters. The first kappa shape index (κ1) is 8.24. The van der Waals surface area contributed by atoms with E-state index in [4.69, 9.17) is 0 Å². The molecule has 0 fully saturated rings. The fourth-order valence-electron chi connectivity index (χ4n) is 1.13. The Hall–Kier alpha value is -0.860. The predicted octanol–water partition coefficient (Wildman–Crippen LogP) is 0.298. The van der Waals surface area contributed by atoms with Crippen LogP contribution in [0.15, 0.2) is 0 Å². The summed E-state index contributed by atoms with van der Waals surface area (Å²) in [6, 6.07) is 0. The fourth-order valence-corrected chi connectivity index (χ4v) is 1.13. The van der Waals surface area contributed by atoms with Crippen LogP contribution in [0.3, 0.4) is 0 Å². The third kappa shape index (κ3) is 1.42. The summed E-state index contributed by atoms with van der Waals surface area (Å²) in [5.41, 5.74) is 0.0890. The smallest absolute Gasteiger partial charge is 0.262 e. The lowest BCUT2D eigenvalue weighted by Crippen LogP contribution is -2.36. The molecule has 0 N–H and O–H groups in total. The van der Waals surface area contributed by atoms with Gasteiger partial charge in [-0.1, -0.05) is 0 Å². The van der Waals surface area contributed by atoms with E-state index in [1.807, 2.05) is 13.4 Å². The summed E-state index contributed by atoms with van der Waals surface area (Å²) in [7, 11) is 1.99. The molecule has 62 valence electrons. The summed E-state index contributed by atoms with van der Waals surface area (Å²) in [6.45, 7) is 6.61. The van der Waals surface area contributed by atoms with E-state index in [0.29, 0.717) is 0 Å². The zero-order valence-corrected chi connectivity index (χ0v) is 7.59. The van der Waals surface area contributed by atoms with Gasteiger partial charge in [-0.25, -0.2) is 4.79 Å². The molecule has 0 aromatic rings. The van der Waals surface area contributed by atoms with Gasteiger partial charge < -0.3 is 0 Å². The van der Waals surface area contributed by atoms with Crippen LogP contribution in [0, 0.1) is 0 Å². The van der Waals surface area contributed by atoms with Crippen molar-refractivity contribution in [1.29, 1.82) is 0 Å². The molecule has 0 radical (unpaired) electrons. The van der Waals surface area contributed by atoms with E-state index in [9.17, 15) is 4.79 Å². The average molecular weight is 155 g/mol. The summed E-state index contributed by atoms with van der Waals surface area (Å²) in [4.78, 5) is 12.7. The van der Waals surface area contributed by atoms with Gasteiger partial charge in [0.05, 0.1) is 7.05 Å². The van der Waals surface area contributed by atoms with E-state index < -0.39 is 0 Å². The summed E-state index contributed by atoms with van der Waals surface area (Å²) in [5, 5.41) is 0. The lowest BCUT2D eigenvalue weighted by Gasteiger charge is -2.14. The van der Waals surface area contributed by atoms with Crippen molar-refractivity contribution < 1.29 is 9.37 Å². The molecule has 1 aliphatic heterocycles. The van der Waals surface area contributed by atoms with Gasteiger partial charge in [-0.05, 0) is 13.8 Å². The largest absolute Gasteiger partial charge is 0.306 e. The van der Waals surface area contributed by atoms with E-state index in [2.05, 4.69) is 18.4 Å². The molecular formula is C8H15N2O+. The minimum atomic E-state index is 0.0890. The molecule has 3 nitrogen and oxygen atoms in total. The number of amides is 1.